The molecule has 0 saturated carbocycles. The molecule has 2 amide bonds. The number of amides is 2. The van der Waals surface area contributed by atoms with Crippen molar-refractivity contribution in [1.82, 2.24) is 10.2 Å². The predicted octanol–water partition coefficient (Wildman–Crippen LogP) is 7.58. The fourth-order valence-corrected chi connectivity index (χ4v) is 6.57. The van der Waals surface area contributed by atoms with Crippen molar-refractivity contribution in [3.63, 3.8) is 0 Å². The van der Waals surface area contributed by atoms with E-state index in [4.69, 9.17) is 34.8 Å². The first-order valence-corrected chi connectivity index (χ1v) is 15.9. The summed E-state index contributed by atoms with van der Waals surface area (Å²) >= 11 is 19.1. The molecule has 0 bridgehead atoms. The maximum atomic E-state index is 14.2. The van der Waals surface area contributed by atoms with Gasteiger partial charge in [0.05, 0.1) is 21.2 Å². The highest BCUT2D eigenvalue weighted by atomic mass is 35.5. The van der Waals surface area contributed by atoms with Crippen molar-refractivity contribution in [1.29, 1.82) is 0 Å². The monoisotopic (exact) mass is 691 g/mol. The van der Waals surface area contributed by atoms with Crippen LogP contribution in [0.3, 0.4) is 0 Å². The number of hydrogen-bond donors (Lipinski definition) is 1. The molecule has 1 atom stereocenters. The maximum absolute atomic E-state index is 14.2. The predicted molar refractivity (Wildman–Crippen MR) is 166 cm³/mol. The minimum absolute atomic E-state index is 0.103. The molecule has 44 heavy (non-hydrogen) atoms. The molecule has 1 N–H and O–H groups in total. The van der Waals surface area contributed by atoms with Gasteiger partial charge < -0.3 is 10.2 Å². The van der Waals surface area contributed by atoms with Crippen LogP contribution in [0, 0.1) is 0 Å². The Bertz CT molecular complexity index is 1590. The summed E-state index contributed by atoms with van der Waals surface area (Å²) in [6.07, 6.45) is -4.73. The summed E-state index contributed by atoms with van der Waals surface area (Å²) in [6, 6.07) is 12.6. The number of alkyl halides is 3. The average Bonchev–Trinajstić information content (AvgIpc) is 2.92. The average molecular weight is 693 g/mol. The Morgan fingerprint density at radius 2 is 1.48 bits per heavy atom. The maximum Gasteiger partial charge on any atom is 0.416 e. The van der Waals surface area contributed by atoms with Crippen LogP contribution < -0.4 is 9.62 Å². The second-order valence-corrected chi connectivity index (χ2v) is 14.0. The lowest BCUT2D eigenvalue weighted by atomic mass is 10.1. The fraction of sp³-hybridized carbons (Fsp3) is 0.333. The number of rotatable bonds is 10. The van der Waals surface area contributed by atoms with E-state index < -0.39 is 57.4 Å². The Morgan fingerprint density at radius 1 is 0.886 bits per heavy atom. The second kappa shape index (κ2) is 14.0. The molecule has 0 radical (unpaired) electrons. The van der Waals surface area contributed by atoms with Crippen LogP contribution in [0.1, 0.15) is 45.2 Å². The number of carbonyl (C=O) groups is 2. The van der Waals surface area contributed by atoms with Crippen LogP contribution in [-0.2, 0) is 32.3 Å². The van der Waals surface area contributed by atoms with Crippen LogP contribution >= 0.6 is 34.8 Å². The lowest BCUT2D eigenvalue weighted by Crippen LogP contribution is -2.55. The van der Waals surface area contributed by atoms with Gasteiger partial charge in [0.1, 0.15) is 12.6 Å². The molecule has 0 aliphatic heterocycles. The van der Waals surface area contributed by atoms with Crippen molar-refractivity contribution >= 4 is 62.3 Å². The quantitative estimate of drug-likeness (QED) is 0.237. The smallest absolute Gasteiger partial charge is 0.350 e. The molecule has 0 aromatic heterocycles. The topological polar surface area (TPSA) is 86.8 Å². The molecule has 0 fully saturated rings. The van der Waals surface area contributed by atoms with Gasteiger partial charge in [-0.25, -0.2) is 8.42 Å². The summed E-state index contributed by atoms with van der Waals surface area (Å²) in [7, 11) is -4.66. The van der Waals surface area contributed by atoms with Gasteiger partial charge in [0.2, 0.25) is 11.8 Å². The minimum Gasteiger partial charge on any atom is -0.350 e. The van der Waals surface area contributed by atoms with Crippen molar-refractivity contribution in [2.75, 3.05) is 10.8 Å². The van der Waals surface area contributed by atoms with Crippen molar-refractivity contribution < 1.29 is 31.2 Å². The zero-order chi connectivity index (χ0) is 33.0. The van der Waals surface area contributed by atoms with Gasteiger partial charge in [0.25, 0.3) is 10.0 Å². The molecule has 0 aliphatic rings. The van der Waals surface area contributed by atoms with Gasteiger partial charge in [-0.05, 0) is 69.7 Å². The molecule has 0 aliphatic carbocycles. The summed E-state index contributed by atoms with van der Waals surface area (Å²) in [5.41, 5.74) is -2.13. The van der Waals surface area contributed by atoms with Crippen LogP contribution in [0.25, 0.3) is 0 Å². The number of hydrogen-bond acceptors (Lipinski definition) is 4. The number of sulfonamides is 1. The van der Waals surface area contributed by atoms with E-state index in [9.17, 15) is 31.2 Å². The van der Waals surface area contributed by atoms with Gasteiger partial charge in [0, 0.05) is 27.7 Å². The van der Waals surface area contributed by atoms with Gasteiger partial charge in [-0.3, -0.25) is 13.9 Å². The molecule has 3 aromatic carbocycles. The molecule has 7 nitrogen and oxygen atoms in total. The fourth-order valence-electron chi connectivity index (χ4n) is 4.34. The molecule has 3 rings (SSSR count). The standard InChI is InChI=1S/C30H31Cl3F3N3O4S/c1-5-25(28(41)37-29(2,3)4)38(17-21-22(31)12-9-13-23(21)32)27(40)18-39(44(42,43)20-10-7-6-8-11-20)26-16-19(30(34,35)36)14-15-24(26)33/h6-16,25H,5,17-18H2,1-4H3,(H,37,41). The molecular formula is C30H31Cl3F3N3O4S. The van der Waals surface area contributed by atoms with Gasteiger partial charge in [-0.1, -0.05) is 66.0 Å². The highest BCUT2D eigenvalue weighted by Crippen LogP contribution is 2.37. The van der Waals surface area contributed by atoms with Gasteiger partial charge in [0.15, 0.2) is 0 Å². The summed E-state index contributed by atoms with van der Waals surface area (Å²) in [5.74, 6) is -1.45. The normalized spacial score (nSPS) is 12.9. The Labute approximate surface area is 269 Å². The minimum atomic E-state index is -4.84. The van der Waals surface area contributed by atoms with E-state index in [1.807, 2.05) is 0 Å². The number of nitrogens with zero attached hydrogens (tertiary/aromatic N) is 2. The lowest BCUT2D eigenvalue weighted by Gasteiger charge is -2.35. The summed E-state index contributed by atoms with van der Waals surface area (Å²) in [6.45, 7) is 5.60. The van der Waals surface area contributed by atoms with Crippen LogP contribution in [0.2, 0.25) is 15.1 Å². The molecule has 0 heterocycles. The summed E-state index contributed by atoms with van der Waals surface area (Å²) in [4.78, 5) is 28.4. The summed E-state index contributed by atoms with van der Waals surface area (Å²) in [5, 5.41) is 2.86. The number of halogens is 6. The SMILES string of the molecule is CCC(C(=O)NC(C)(C)C)N(Cc1c(Cl)cccc1Cl)C(=O)CN(c1cc(C(F)(F)F)ccc1Cl)S(=O)(=O)c1ccccc1. The Balaban J connectivity index is 2.20. The molecule has 1 unspecified atom stereocenters. The molecule has 238 valence electrons. The largest absolute Gasteiger partial charge is 0.416 e. The zero-order valence-electron chi connectivity index (χ0n) is 24.3. The Morgan fingerprint density at radius 3 is 2.00 bits per heavy atom. The molecule has 0 saturated heterocycles. The Hall–Kier alpha value is -2.99. The molecular weight excluding hydrogens is 662 g/mol. The molecule has 3 aromatic rings. The van der Waals surface area contributed by atoms with Crippen molar-refractivity contribution in [3.8, 4) is 0 Å². The van der Waals surface area contributed by atoms with Crippen LogP contribution in [-0.4, -0.2) is 43.3 Å². The third-order valence-electron chi connectivity index (χ3n) is 6.43. The van der Waals surface area contributed by atoms with Crippen molar-refractivity contribution in [3.05, 3.63) is 92.9 Å². The van der Waals surface area contributed by atoms with E-state index in [-0.39, 0.29) is 32.9 Å². The second-order valence-electron chi connectivity index (χ2n) is 10.9. The lowest BCUT2D eigenvalue weighted by molar-refractivity contribution is -0.141. The number of nitrogens with one attached hydrogen (secondary N) is 1. The van der Waals surface area contributed by atoms with Crippen LogP contribution in [0.5, 0.6) is 0 Å². The van der Waals surface area contributed by atoms with Crippen LogP contribution in [0.15, 0.2) is 71.6 Å². The van der Waals surface area contributed by atoms with E-state index in [0.29, 0.717) is 22.0 Å². The van der Waals surface area contributed by atoms with E-state index >= 15 is 0 Å². The first-order chi connectivity index (χ1) is 20.4. The number of benzene rings is 3. The van der Waals surface area contributed by atoms with E-state index in [1.54, 1.807) is 39.8 Å². The van der Waals surface area contributed by atoms with Gasteiger partial charge in [-0.15, -0.1) is 0 Å². The van der Waals surface area contributed by atoms with Gasteiger partial charge >= 0.3 is 6.18 Å². The molecule has 14 heteroatoms. The first kappa shape index (κ1) is 35.5. The molecule has 0 spiro atoms. The van der Waals surface area contributed by atoms with Crippen molar-refractivity contribution in [2.24, 2.45) is 0 Å². The zero-order valence-corrected chi connectivity index (χ0v) is 27.3. The van der Waals surface area contributed by atoms with E-state index in [0.717, 1.165) is 11.0 Å². The third-order valence-corrected chi connectivity index (χ3v) is 9.23. The highest BCUT2D eigenvalue weighted by Gasteiger charge is 2.37. The number of anilines is 1. The highest BCUT2D eigenvalue weighted by molar-refractivity contribution is 7.92. The number of carbonyl (C=O) groups excluding carboxylic acids is 2. The van der Waals surface area contributed by atoms with E-state index in [1.165, 1.54) is 36.4 Å². The van der Waals surface area contributed by atoms with E-state index in [2.05, 4.69) is 5.32 Å². The van der Waals surface area contributed by atoms with Crippen LogP contribution in [0.4, 0.5) is 18.9 Å². The first-order valence-electron chi connectivity index (χ1n) is 13.4. The summed E-state index contributed by atoms with van der Waals surface area (Å²) < 4.78 is 69.5. The third kappa shape index (κ3) is 8.59. The van der Waals surface area contributed by atoms with Crippen molar-refractivity contribution in [2.45, 2.75) is 63.3 Å². The van der Waals surface area contributed by atoms with Gasteiger partial charge in [-0.2, -0.15) is 13.2 Å². The Kier molecular flexibility index (Phi) is 11.3.